The van der Waals surface area contributed by atoms with Gasteiger partial charge in [-0.3, -0.25) is 0 Å². The molecule has 0 spiro atoms. The SMILES string of the molecule is O=C1NC(CC2CCCCO2)CO1. The zero-order chi connectivity index (χ0) is 9.10. The van der Waals surface area contributed by atoms with Crippen LogP contribution in [0.25, 0.3) is 0 Å². The molecule has 4 nitrogen and oxygen atoms in total. The highest BCUT2D eigenvalue weighted by Crippen LogP contribution is 2.18. The molecule has 2 heterocycles. The second kappa shape index (κ2) is 3.96. The molecule has 2 fully saturated rings. The number of rotatable bonds is 2. The zero-order valence-electron chi connectivity index (χ0n) is 7.62. The van der Waals surface area contributed by atoms with Crippen LogP contribution in [-0.2, 0) is 9.47 Å². The molecule has 0 aliphatic carbocycles. The molecule has 1 amide bonds. The molecule has 0 aromatic carbocycles. The van der Waals surface area contributed by atoms with E-state index < -0.39 is 0 Å². The van der Waals surface area contributed by atoms with E-state index in [1.807, 2.05) is 0 Å². The average Bonchev–Trinajstić information content (AvgIpc) is 2.53. The summed E-state index contributed by atoms with van der Waals surface area (Å²) in [5, 5.41) is 2.76. The lowest BCUT2D eigenvalue weighted by Crippen LogP contribution is -2.32. The largest absolute Gasteiger partial charge is 0.447 e. The zero-order valence-corrected chi connectivity index (χ0v) is 7.62. The van der Waals surface area contributed by atoms with E-state index in [0.717, 1.165) is 19.4 Å². The van der Waals surface area contributed by atoms with Crippen molar-refractivity contribution in [2.24, 2.45) is 0 Å². The van der Waals surface area contributed by atoms with Gasteiger partial charge in [0.05, 0.1) is 12.1 Å². The van der Waals surface area contributed by atoms with Crippen LogP contribution in [0.4, 0.5) is 4.79 Å². The van der Waals surface area contributed by atoms with Gasteiger partial charge in [-0.1, -0.05) is 0 Å². The highest BCUT2D eigenvalue weighted by Gasteiger charge is 2.26. The molecular weight excluding hydrogens is 170 g/mol. The first-order valence-electron chi connectivity index (χ1n) is 4.89. The number of hydrogen-bond acceptors (Lipinski definition) is 3. The van der Waals surface area contributed by atoms with E-state index in [4.69, 9.17) is 9.47 Å². The fourth-order valence-electron chi connectivity index (χ4n) is 1.86. The van der Waals surface area contributed by atoms with Gasteiger partial charge in [-0.15, -0.1) is 0 Å². The molecule has 2 unspecified atom stereocenters. The molecule has 13 heavy (non-hydrogen) atoms. The maximum Gasteiger partial charge on any atom is 0.407 e. The normalized spacial score (nSPS) is 34.0. The summed E-state index contributed by atoms with van der Waals surface area (Å²) in [4.78, 5) is 10.7. The van der Waals surface area contributed by atoms with Crippen LogP contribution in [0, 0.1) is 0 Å². The Bertz CT molecular complexity index is 189. The number of carbonyl (C=O) groups is 1. The predicted octanol–water partition coefficient (Wildman–Crippen LogP) is 1.05. The van der Waals surface area contributed by atoms with Gasteiger partial charge in [0.2, 0.25) is 0 Å². The summed E-state index contributed by atoms with van der Waals surface area (Å²) >= 11 is 0. The van der Waals surface area contributed by atoms with Crippen molar-refractivity contribution in [3.05, 3.63) is 0 Å². The van der Waals surface area contributed by atoms with E-state index in [1.54, 1.807) is 0 Å². The van der Waals surface area contributed by atoms with Gasteiger partial charge in [0.1, 0.15) is 6.61 Å². The highest BCUT2D eigenvalue weighted by molar-refractivity contribution is 5.69. The van der Waals surface area contributed by atoms with Crippen LogP contribution in [0.15, 0.2) is 0 Å². The van der Waals surface area contributed by atoms with Gasteiger partial charge >= 0.3 is 6.09 Å². The Morgan fingerprint density at radius 1 is 1.46 bits per heavy atom. The molecule has 2 rings (SSSR count). The van der Waals surface area contributed by atoms with E-state index in [1.165, 1.54) is 12.8 Å². The van der Waals surface area contributed by atoms with Gasteiger partial charge in [-0.25, -0.2) is 4.79 Å². The lowest BCUT2D eigenvalue weighted by Gasteiger charge is -2.24. The van der Waals surface area contributed by atoms with Crippen LogP contribution in [-0.4, -0.2) is 31.5 Å². The Labute approximate surface area is 77.6 Å². The average molecular weight is 185 g/mol. The van der Waals surface area contributed by atoms with Crippen molar-refractivity contribution in [3.63, 3.8) is 0 Å². The Hall–Kier alpha value is -0.770. The third-order valence-electron chi connectivity index (χ3n) is 2.56. The van der Waals surface area contributed by atoms with Gasteiger partial charge in [0.25, 0.3) is 0 Å². The van der Waals surface area contributed by atoms with Crippen LogP contribution >= 0.6 is 0 Å². The highest BCUT2D eigenvalue weighted by atomic mass is 16.6. The predicted molar refractivity (Wildman–Crippen MR) is 46.5 cm³/mol. The summed E-state index contributed by atoms with van der Waals surface area (Å²) in [7, 11) is 0. The Balaban J connectivity index is 1.73. The molecule has 0 aromatic rings. The lowest BCUT2D eigenvalue weighted by molar-refractivity contribution is 0.00576. The molecule has 74 valence electrons. The van der Waals surface area contributed by atoms with E-state index in [0.29, 0.717) is 12.7 Å². The van der Waals surface area contributed by atoms with Crippen molar-refractivity contribution < 1.29 is 14.3 Å². The molecule has 0 saturated carbocycles. The number of ether oxygens (including phenoxy) is 2. The summed E-state index contributed by atoms with van der Waals surface area (Å²) in [6.07, 6.45) is 4.45. The van der Waals surface area contributed by atoms with Crippen molar-refractivity contribution in [2.45, 2.75) is 37.8 Å². The number of cyclic esters (lactones) is 1. The number of nitrogens with one attached hydrogen (secondary N) is 1. The third-order valence-corrected chi connectivity index (χ3v) is 2.56. The van der Waals surface area contributed by atoms with E-state index in [2.05, 4.69) is 5.32 Å². The van der Waals surface area contributed by atoms with Crippen molar-refractivity contribution in [1.82, 2.24) is 5.32 Å². The first kappa shape index (κ1) is 8.81. The van der Waals surface area contributed by atoms with Crippen molar-refractivity contribution >= 4 is 6.09 Å². The summed E-state index contributed by atoms with van der Waals surface area (Å²) in [6, 6.07) is 0.163. The second-order valence-electron chi connectivity index (χ2n) is 3.66. The Morgan fingerprint density at radius 3 is 3.00 bits per heavy atom. The quantitative estimate of drug-likeness (QED) is 0.699. The minimum Gasteiger partial charge on any atom is -0.447 e. The van der Waals surface area contributed by atoms with Crippen LogP contribution in [0.5, 0.6) is 0 Å². The fourth-order valence-corrected chi connectivity index (χ4v) is 1.86. The molecule has 4 heteroatoms. The second-order valence-corrected chi connectivity index (χ2v) is 3.66. The van der Waals surface area contributed by atoms with Crippen molar-refractivity contribution in [3.8, 4) is 0 Å². The number of hydrogen-bond donors (Lipinski definition) is 1. The summed E-state index contributed by atoms with van der Waals surface area (Å²) in [5.74, 6) is 0. The minimum atomic E-state index is -0.291. The molecule has 0 aromatic heterocycles. The monoisotopic (exact) mass is 185 g/mol. The number of alkyl carbamates (subject to hydrolysis) is 1. The van der Waals surface area contributed by atoms with Crippen molar-refractivity contribution in [2.75, 3.05) is 13.2 Å². The van der Waals surface area contributed by atoms with E-state index in [-0.39, 0.29) is 12.1 Å². The van der Waals surface area contributed by atoms with Gasteiger partial charge < -0.3 is 14.8 Å². The smallest absolute Gasteiger partial charge is 0.407 e. The molecule has 2 saturated heterocycles. The van der Waals surface area contributed by atoms with Gasteiger partial charge in [-0.05, 0) is 25.7 Å². The Kier molecular flexibility index (Phi) is 2.68. The molecule has 2 aliphatic rings. The first-order chi connectivity index (χ1) is 6.34. The third kappa shape index (κ3) is 2.34. The maximum atomic E-state index is 10.7. The van der Waals surface area contributed by atoms with E-state index in [9.17, 15) is 4.79 Å². The fraction of sp³-hybridized carbons (Fsp3) is 0.889. The summed E-state index contributed by atoms with van der Waals surface area (Å²) < 4.78 is 10.4. The molecule has 1 N–H and O–H groups in total. The molecule has 2 aliphatic heterocycles. The van der Waals surface area contributed by atoms with Crippen LogP contribution in [0.2, 0.25) is 0 Å². The van der Waals surface area contributed by atoms with Crippen LogP contribution in [0.3, 0.4) is 0 Å². The van der Waals surface area contributed by atoms with Gasteiger partial charge in [0.15, 0.2) is 0 Å². The number of amides is 1. The summed E-state index contributed by atoms with van der Waals surface area (Å²) in [6.45, 7) is 1.37. The van der Waals surface area contributed by atoms with Crippen LogP contribution in [0.1, 0.15) is 25.7 Å². The standard InChI is InChI=1S/C9H15NO3/c11-9-10-7(6-13-9)5-8-3-1-2-4-12-8/h7-8H,1-6H2,(H,10,11). The van der Waals surface area contributed by atoms with Gasteiger partial charge in [-0.2, -0.15) is 0 Å². The molecule has 2 atom stereocenters. The maximum absolute atomic E-state index is 10.7. The van der Waals surface area contributed by atoms with Gasteiger partial charge in [0, 0.05) is 6.61 Å². The molecule has 0 radical (unpaired) electrons. The van der Waals surface area contributed by atoms with Crippen molar-refractivity contribution in [1.29, 1.82) is 0 Å². The molecular formula is C9H15NO3. The molecule has 0 bridgehead atoms. The van der Waals surface area contributed by atoms with E-state index >= 15 is 0 Å². The van der Waals surface area contributed by atoms with Crippen LogP contribution < -0.4 is 5.32 Å². The topological polar surface area (TPSA) is 47.6 Å². The lowest BCUT2D eigenvalue weighted by atomic mass is 10.0. The Morgan fingerprint density at radius 2 is 2.38 bits per heavy atom. The summed E-state index contributed by atoms with van der Waals surface area (Å²) in [5.41, 5.74) is 0. The minimum absolute atomic E-state index is 0.163. The number of carbonyl (C=O) groups excluding carboxylic acids is 1. The first-order valence-corrected chi connectivity index (χ1v) is 4.89.